The summed E-state index contributed by atoms with van der Waals surface area (Å²) in [4.78, 5) is 0. The fourth-order valence-corrected chi connectivity index (χ4v) is 1.19. The Morgan fingerprint density at radius 3 is 2.62 bits per heavy atom. The van der Waals surface area contributed by atoms with Gasteiger partial charge in [0.2, 0.25) is 0 Å². The van der Waals surface area contributed by atoms with E-state index < -0.39 is 0 Å². The summed E-state index contributed by atoms with van der Waals surface area (Å²) in [6.07, 6.45) is 10.8. The van der Waals surface area contributed by atoms with E-state index in [4.69, 9.17) is 0 Å². The minimum absolute atomic E-state index is 0.563. The zero-order valence-electron chi connectivity index (χ0n) is 9.17. The van der Waals surface area contributed by atoms with Crippen molar-refractivity contribution in [2.75, 3.05) is 13.6 Å². The van der Waals surface area contributed by atoms with E-state index in [0.717, 1.165) is 6.54 Å². The van der Waals surface area contributed by atoms with E-state index in [0.29, 0.717) is 5.92 Å². The van der Waals surface area contributed by atoms with Crippen molar-refractivity contribution in [1.82, 2.24) is 5.32 Å². The summed E-state index contributed by atoms with van der Waals surface area (Å²) in [5, 5.41) is 3.14. The van der Waals surface area contributed by atoms with Crippen LogP contribution in [0.1, 0.15) is 20.8 Å². The van der Waals surface area contributed by atoms with Crippen LogP contribution in [0, 0.1) is 5.92 Å². The predicted octanol–water partition coefficient (Wildman–Crippen LogP) is 2.92. The lowest BCUT2D eigenvalue weighted by Crippen LogP contribution is -2.09. The molecule has 0 aliphatic heterocycles. The molecule has 13 heavy (non-hydrogen) atoms. The van der Waals surface area contributed by atoms with Gasteiger partial charge in [-0.3, -0.25) is 0 Å². The predicted molar refractivity (Wildman–Crippen MR) is 60.8 cm³/mol. The molecule has 0 saturated carbocycles. The molecule has 1 heteroatoms. The minimum atomic E-state index is 0.563. The molecule has 1 aliphatic rings. The Labute approximate surface area is 82.2 Å². The van der Waals surface area contributed by atoms with E-state index >= 15 is 0 Å². The molecule has 0 amide bonds. The third kappa shape index (κ3) is 5.42. The third-order valence-electron chi connectivity index (χ3n) is 1.69. The standard InChI is InChI=1S/C10H15N.C2H6/c1-9-5-3-4-6-10(7-9)8-11-2;1-2/h3-7,9,11H,8H2,1-2H3;1-2H3. The molecule has 0 saturated heterocycles. The average Bonchev–Trinajstić information content (AvgIpc) is 2.34. The van der Waals surface area contributed by atoms with Gasteiger partial charge in [0, 0.05) is 6.54 Å². The van der Waals surface area contributed by atoms with Crippen LogP contribution in [0.2, 0.25) is 0 Å². The molecule has 1 nitrogen and oxygen atoms in total. The lowest BCUT2D eigenvalue weighted by molar-refractivity contribution is 0.866. The highest BCUT2D eigenvalue weighted by Crippen LogP contribution is 2.09. The first-order valence-corrected chi connectivity index (χ1v) is 5.03. The molecule has 0 aromatic heterocycles. The van der Waals surface area contributed by atoms with Gasteiger partial charge in [0.1, 0.15) is 0 Å². The van der Waals surface area contributed by atoms with Crippen molar-refractivity contribution in [3.8, 4) is 0 Å². The first-order valence-electron chi connectivity index (χ1n) is 5.03. The highest BCUT2D eigenvalue weighted by Gasteiger charge is 1.96. The monoisotopic (exact) mass is 179 g/mol. The number of likely N-dealkylation sites (N-methyl/N-ethyl adjacent to an activating group) is 1. The molecule has 0 aromatic carbocycles. The second-order valence-electron chi connectivity index (χ2n) is 2.88. The van der Waals surface area contributed by atoms with Gasteiger partial charge >= 0.3 is 0 Å². The van der Waals surface area contributed by atoms with Gasteiger partial charge in [0.05, 0.1) is 0 Å². The van der Waals surface area contributed by atoms with Crippen LogP contribution in [0.5, 0.6) is 0 Å². The summed E-state index contributed by atoms with van der Waals surface area (Å²) >= 11 is 0. The van der Waals surface area contributed by atoms with Crippen molar-refractivity contribution in [2.24, 2.45) is 5.92 Å². The van der Waals surface area contributed by atoms with Crippen LogP contribution in [0.15, 0.2) is 36.0 Å². The quantitative estimate of drug-likeness (QED) is 0.687. The minimum Gasteiger partial charge on any atom is -0.316 e. The smallest absolute Gasteiger partial charge is 0.0199 e. The largest absolute Gasteiger partial charge is 0.316 e. The summed E-state index contributed by atoms with van der Waals surface area (Å²) in [5.41, 5.74) is 1.37. The first kappa shape index (κ1) is 12.2. The Bertz CT molecular complexity index is 199. The Hall–Kier alpha value is -0.820. The molecular formula is C12H21N. The fraction of sp³-hybridized carbons (Fsp3) is 0.500. The molecule has 0 bridgehead atoms. The van der Waals surface area contributed by atoms with Gasteiger partial charge in [-0.05, 0) is 18.5 Å². The van der Waals surface area contributed by atoms with Crippen LogP contribution in [0.3, 0.4) is 0 Å². The maximum Gasteiger partial charge on any atom is 0.0199 e. The number of nitrogens with one attached hydrogen (secondary N) is 1. The van der Waals surface area contributed by atoms with E-state index in [2.05, 4.69) is 42.6 Å². The number of rotatable bonds is 2. The Kier molecular flexibility index (Phi) is 7.32. The number of allylic oxidation sites excluding steroid dienone is 4. The zero-order valence-corrected chi connectivity index (χ0v) is 9.17. The average molecular weight is 179 g/mol. The van der Waals surface area contributed by atoms with Crippen LogP contribution >= 0.6 is 0 Å². The maximum absolute atomic E-state index is 3.14. The van der Waals surface area contributed by atoms with E-state index in [-0.39, 0.29) is 0 Å². The van der Waals surface area contributed by atoms with Crippen molar-refractivity contribution in [1.29, 1.82) is 0 Å². The summed E-state index contributed by atoms with van der Waals surface area (Å²) in [6.45, 7) is 7.15. The summed E-state index contributed by atoms with van der Waals surface area (Å²) in [5.74, 6) is 0.563. The molecule has 0 aromatic rings. The van der Waals surface area contributed by atoms with Gasteiger partial charge in [-0.25, -0.2) is 0 Å². The molecule has 0 fully saturated rings. The van der Waals surface area contributed by atoms with Crippen LogP contribution in [0.4, 0.5) is 0 Å². The lowest BCUT2D eigenvalue weighted by Gasteiger charge is -2.01. The Morgan fingerprint density at radius 2 is 2.00 bits per heavy atom. The summed E-state index contributed by atoms with van der Waals surface area (Å²) < 4.78 is 0. The maximum atomic E-state index is 3.14. The zero-order chi connectivity index (χ0) is 10.1. The van der Waals surface area contributed by atoms with Gasteiger partial charge < -0.3 is 5.32 Å². The van der Waals surface area contributed by atoms with Crippen LogP contribution in [0.25, 0.3) is 0 Å². The second kappa shape index (κ2) is 7.81. The summed E-state index contributed by atoms with van der Waals surface area (Å²) in [7, 11) is 1.97. The summed E-state index contributed by atoms with van der Waals surface area (Å²) in [6, 6.07) is 0. The SMILES string of the molecule is CC.CNCC1=CC(C)C=CC=C1. The van der Waals surface area contributed by atoms with Crippen molar-refractivity contribution in [2.45, 2.75) is 20.8 Å². The second-order valence-corrected chi connectivity index (χ2v) is 2.88. The van der Waals surface area contributed by atoms with Crippen LogP contribution < -0.4 is 5.32 Å². The molecule has 1 unspecified atom stereocenters. The van der Waals surface area contributed by atoms with E-state index in [1.54, 1.807) is 0 Å². The molecule has 1 N–H and O–H groups in total. The van der Waals surface area contributed by atoms with Gasteiger partial charge in [0.15, 0.2) is 0 Å². The molecule has 1 rings (SSSR count). The molecular weight excluding hydrogens is 158 g/mol. The Balaban J connectivity index is 0.000000671. The van der Waals surface area contributed by atoms with Crippen molar-refractivity contribution < 1.29 is 0 Å². The van der Waals surface area contributed by atoms with E-state index in [9.17, 15) is 0 Å². The van der Waals surface area contributed by atoms with Crippen molar-refractivity contribution in [3.63, 3.8) is 0 Å². The highest BCUT2D eigenvalue weighted by molar-refractivity contribution is 5.28. The topological polar surface area (TPSA) is 12.0 Å². The van der Waals surface area contributed by atoms with Crippen molar-refractivity contribution >= 4 is 0 Å². The van der Waals surface area contributed by atoms with Gasteiger partial charge in [-0.2, -0.15) is 0 Å². The molecule has 0 spiro atoms. The van der Waals surface area contributed by atoms with E-state index in [1.807, 2.05) is 20.9 Å². The van der Waals surface area contributed by atoms with Gasteiger partial charge in [-0.1, -0.05) is 51.2 Å². The normalized spacial score (nSPS) is 20.0. The molecule has 74 valence electrons. The molecule has 1 aliphatic carbocycles. The van der Waals surface area contributed by atoms with Gasteiger partial charge in [0.25, 0.3) is 0 Å². The van der Waals surface area contributed by atoms with Gasteiger partial charge in [-0.15, -0.1) is 0 Å². The molecule has 0 radical (unpaired) electrons. The number of hydrogen-bond donors (Lipinski definition) is 1. The van der Waals surface area contributed by atoms with Crippen LogP contribution in [-0.2, 0) is 0 Å². The van der Waals surface area contributed by atoms with Crippen molar-refractivity contribution in [3.05, 3.63) is 36.0 Å². The molecule has 1 atom stereocenters. The Morgan fingerprint density at radius 1 is 1.31 bits per heavy atom. The molecule has 0 heterocycles. The number of hydrogen-bond acceptors (Lipinski definition) is 1. The van der Waals surface area contributed by atoms with Crippen LogP contribution in [-0.4, -0.2) is 13.6 Å². The third-order valence-corrected chi connectivity index (χ3v) is 1.69. The van der Waals surface area contributed by atoms with E-state index in [1.165, 1.54) is 5.57 Å². The first-order chi connectivity index (χ1) is 6.33. The lowest BCUT2D eigenvalue weighted by atomic mass is 10.1. The fourth-order valence-electron chi connectivity index (χ4n) is 1.19. The highest BCUT2D eigenvalue weighted by atomic mass is 14.8.